The van der Waals surface area contributed by atoms with Crippen molar-refractivity contribution in [3.63, 3.8) is 0 Å². The van der Waals surface area contributed by atoms with Crippen LogP contribution in [0.15, 0.2) is 64.6 Å². The summed E-state index contributed by atoms with van der Waals surface area (Å²) < 4.78 is 74.3. The summed E-state index contributed by atoms with van der Waals surface area (Å²) in [5.74, 6) is -0.215. The predicted molar refractivity (Wildman–Crippen MR) is 126 cm³/mol. The van der Waals surface area contributed by atoms with Crippen LogP contribution in [-0.2, 0) is 16.3 Å². The third kappa shape index (κ3) is 6.23. The molecule has 0 aliphatic carbocycles. The van der Waals surface area contributed by atoms with Crippen LogP contribution in [0.2, 0.25) is 5.02 Å². The van der Waals surface area contributed by atoms with Gasteiger partial charge in [-0.1, -0.05) is 17.7 Å². The molecular formula is C22H17ClF3N3O6S. The van der Waals surface area contributed by atoms with E-state index in [9.17, 15) is 31.7 Å². The number of anilines is 1. The van der Waals surface area contributed by atoms with Crippen LogP contribution in [0.25, 0.3) is 0 Å². The van der Waals surface area contributed by atoms with Gasteiger partial charge in [0.25, 0.3) is 5.69 Å². The molecule has 3 rings (SSSR count). The van der Waals surface area contributed by atoms with Gasteiger partial charge in [-0.25, -0.2) is 0 Å². The van der Waals surface area contributed by atoms with E-state index in [1.54, 1.807) is 0 Å². The summed E-state index contributed by atoms with van der Waals surface area (Å²) >= 11 is 5.91. The van der Waals surface area contributed by atoms with Gasteiger partial charge in [-0.15, -0.1) is 0 Å². The standard InChI is InChI=1S/C22H17ClF3N3O6S/c1-13-3-6-16(11-19(13)29(30)31)36(32,33)35-20-8-4-14(9-21(20)34-2)12-27-28-18-10-15(22(24,25)26)5-7-17(18)23/h3-12,28H,1-2H3. The molecule has 1 N–H and O–H groups in total. The molecule has 0 aliphatic rings. The van der Waals surface area contributed by atoms with Crippen molar-refractivity contribution in [3.05, 3.63) is 86.4 Å². The lowest BCUT2D eigenvalue weighted by atomic mass is 10.2. The lowest BCUT2D eigenvalue weighted by Gasteiger charge is -2.12. The Morgan fingerprint density at radius 3 is 2.44 bits per heavy atom. The second-order valence-corrected chi connectivity index (χ2v) is 9.17. The molecule has 0 fully saturated rings. The number of nitro groups is 1. The number of nitro benzene ring substituents is 1. The maximum atomic E-state index is 12.9. The summed E-state index contributed by atoms with van der Waals surface area (Å²) in [6.45, 7) is 1.47. The topological polar surface area (TPSA) is 120 Å². The summed E-state index contributed by atoms with van der Waals surface area (Å²) in [5, 5.41) is 15.0. The molecule has 0 aliphatic heterocycles. The van der Waals surface area contributed by atoms with Crippen LogP contribution in [-0.4, -0.2) is 26.7 Å². The molecule has 3 aromatic rings. The normalized spacial score (nSPS) is 11.9. The van der Waals surface area contributed by atoms with Gasteiger partial charge in [0.2, 0.25) is 0 Å². The molecule has 14 heteroatoms. The molecule has 190 valence electrons. The molecule has 0 radical (unpaired) electrons. The van der Waals surface area contributed by atoms with Crippen LogP contribution in [0.5, 0.6) is 11.5 Å². The number of hydrazone groups is 1. The van der Waals surface area contributed by atoms with Crippen LogP contribution in [0.4, 0.5) is 24.5 Å². The van der Waals surface area contributed by atoms with Crippen molar-refractivity contribution in [2.45, 2.75) is 18.0 Å². The number of aryl methyl sites for hydroxylation is 1. The molecule has 9 nitrogen and oxygen atoms in total. The Balaban J connectivity index is 1.81. The third-order valence-electron chi connectivity index (χ3n) is 4.75. The summed E-state index contributed by atoms with van der Waals surface area (Å²) in [4.78, 5) is 10.0. The number of alkyl halides is 3. The molecule has 0 amide bonds. The number of hydrogen-bond donors (Lipinski definition) is 1. The van der Waals surface area contributed by atoms with Gasteiger partial charge in [-0.2, -0.15) is 26.7 Å². The molecule has 3 aromatic carbocycles. The highest BCUT2D eigenvalue weighted by Crippen LogP contribution is 2.34. The number of hydrogen-bond acceptors (Lipinski definition) is 8. The van der Waals surface area contributed by atoms with Crippen LogP contribution >= 0.6 is 11.6 Å². The van der Waals surface area contributed by atoms with E-state index in [4.69, 9.17) is 20.5 Å². The number of nitrogens with zero attached hydrogens (tertiary/aromatic N) is 2. The van der Waals surface area contributed by atoms with E-state index in [1.165, 1.54) is 50.6 Å². The molecule has 0 heterocycles. The molecule has 0 spiro atoms. The largest absolute Gasteiger partial charge is 0.493 e. The van der Waals surface area contributed by atoms with Crippen molar-refractivity contribution in [2.75, 3.05) is 12.5 Å². The summed E-state index contributed by atoms with van der Waals surface area (Å²) in [6, 6.07) is 10.1. The van der Waals surface area contributed by atoms with Gasteiger partial charge in [0, 0.05) is 11.6 Å². The van der Waals surface area contributed by atoms with E-state index < -0.39 is 31.7 Å². The number of ether oxygens (including phenoxy) is 1. The monoisotopic (exact) mass is 543 g/mol. The zero-order valence-corrected chi connectivity index (χ0v) is 20.1. The van der Waals surface area contributed by atoms with E-state index in [0.29, 0.717) is 5.56 Å². The van der Waals surface area contributed by atoms with Crippen LogP contribution in [0, 0.1) is 17.0 Å². The first-order valence-corrected chi connectivity index (χ1v) is 11.6. The highest BCUT2D eigenvalue weighted by Gasteiger charge is 2.31. The lowest BCUT2D eigenvalue weighted by molar-refractivity contribution is -0.385. The van der Waals surface area contributed by atoms with Crippen molar-refractivity contribution >= 4 is 39.3 Å². The number of halogens is 4. The first-order chi connectivity index (χ1) is 16.8. The van der Waals surface area contributed by atoms with Crippen molar-refractivity contribution < 1.29 is 35.4 Å². The number of benzene rings is 3. The minimum Gasteiger partial charge on any atom is -0.493 e. The first-order valence-electron chi connectivity index (χ1n) is 9.85. The van der Waals surface area contributed by atoms with Crippen LogP contribution < -0.4 is 14.3 Å². The minimum absolute atomic E-state index is 0.0127. The third-order valence-corrected chi connectivity index (χ3v) is 6.31. The Bertz CT molecular complexity index is 1450. The van der Waals surface area contributed by atoms with E-state index in [0.717, 1.165) is 24.3 Å². The summed E-state index contributed by atoms with van der Waals surface area (Å²) in [6.07, 6.45) is -3.32. The maximum absolute atomic E-state index is 12.9. The fourth-order valence-corrected chi connectivity index (χ4v) is 4.03. The Kier molecular flexibility index (Phi) is 7.74. The molecule has 0 aromatic heterocycles. The van der Waals surface area contributed by atoms with E-state index in [2.05, 4.69) is 10.5 Å². The molecule has 36 heavy (non-hydrogen) atoms. The van der Waals surface area contributed by atoms with Crippen LogP contribution in [0.1, 0.15) is 16.7 Å². The molecule has 0 bridgehead atoms. The van der Waals surface area contributed by atoms with Gasteiger partial charge < -0.3 is 8.92 Å². The number of methoxy groups -OCH3 is 1. The Morgan fingerprint density at radius 2 is 1.81 bits per heavy atom. The van der Waals surface area contributed by atoms with E-state index in [1.807, 2.05) is 0 Å². The SMILES string of the molecule is COc1cc(C=NNc2cc(C(F)(F)F)ccc2Cl)ccc1OS(=O)(=O)c1ccc(C)c([N+](=O)[O-])c1. The highest BCUT2D eigenvalue weighted by molar-refractivity contribution is 7.87. The Morgan fingerprint density at radius 1 is 1.08 bits per heavy atom. The lowest BCUT2D eigenvalue weighted by Crippen LogP contribution is -2.11. The van der Waals surface area contributed by atoms with Gasteiger partial charge in [-0.3, -0.25) is 15.5 Å². The molecule has 0 saturated carbocycles. The average molecular weight is 544 g/mol. The van der Waals surface area contributed by atoms with Gasteiger partial charge in [0.05, 0.1) is 34.5 Å². The first kappa shape index (κ1) is 26.8. The quantitative estimate of drug-likeness (QED) is 0.165. The van der Waals surface area contributed by atoms with Gasteiger partial charge in [0.15, 0.2) is 11.5 Å². The number of nitrogens with one attached hydrogen (secondary N) is 1. The zero-order valence-electron chi connectivity index (χ0n) is 18.5. The van der Waals surface area contributed by atoms with Gasteiger partial charge in [-0.05, 0) is 55.0 Å². The van der Waals surface area contributed by atoms with E-state index >= 15 is 0 Å². The van der Waals surface area contributed by atoms with Crippen molar-refractivity contribution in [2.24, 2.45) is 5.10 Å². The fraction of sp³-hybridized carbons (Fsp3) is 0.136. The number of rotatable bonds is 8. The van der Waals surface area contributed by atoms with Crippen LogP contribution in [0.3, 0.4) is 0 Å². The van der Waals surface area contributed by atoms with Gasteiger partial charge >= 0.3 is 16.3 Å². The minimum atomic E-state index is -4.56. The van der Waals surface area contributed by atoms with Gasteiger partial charge in [0.1, 0.15) is 4.90 Å². The second-order valence-electron chi connectivity index (χ2n) is 7.22. The zero-order chi connectivity index (χ0) is 26.7. The highest BCUT2D eigenvalue weighted by atomic mass is 35.5. The maximum Gasteiger partial charge on any atom is 0.416 e. The molecule has 0 atom stereocenters. The average Bonchev–Trinajstić information content (AvgIpc) is 2.80. The molecule has 0 saturated heterocycles. The van der Waals surface area contributed by atoms with Crippen molar-refractivity contribution in [1.29, 1.82) is 0 Å². The predicted octanol–water partition coefficient (Wildman–Crippen LogP) is 5.80. The Hall–Kier alpha value is -3.84. The Labute approximate surface area is 208 Å². The summed E-state index contributed by atoms with van der Waals surface area (Å²) in [7, 11) is -3.19. The smallest absolute Gasteiger partial charge is 0.416 e. The second kappa shape index (κ2) is 10.4. The van der Waals surface area contributed by atoms with Crippen molar-refractivity contribution in [1.82, 2.24) is 0 Å². The van der Waals surface area contributed by atoms with Crippen molar-refractivity contribution in [3.8, 4) is 11.5 Å². The van der Waals surface area contributed by atoms with E-state index in [-0.39, 0.29) is 33.5 Å². The molecule has 0 unspecified atom stereocenters. The molecular weight excluding hydrogens is 527 g/mol. The fourth-order valence-electron chi connectivity index (χ4n) is 2.90. The summed E-state index contributed by atoms with van der Waals surface area (Å²) in [5.41, 5.74) is 1.70.